The van der Waals surface area contributed by atoms with E-state index in [0.29, 0.717) is 29.2 Å². The molecule has 2 saturated heterocycles. The van der Waals surface area contributed by atoms with Gasteiger partial charge in [-0.15, -0.1) is 0 Å². The van der Waals surface area contributed by atoms with Gasteiger partial charge in [-0.05, 0) is 62.6 Å². The molecule has 2 atom stereocenters. The molecule has 2 unspecified atom stereocenters. The summed E-state index contributed by atoms with van der Waals surface area (Å²) in [5.74, 6) is -0.402. The number of rotatable bonds is 5. The first-order valence-corrected chi connectivity index (χ1v) is 10.9. The molecule has 0 aliphatic carbocycles. The fraction of sp³-hybridized carbons (Fsp3) is 0.375. The van der Waals surface area contributed by atoms with E-state index in [9.17, 15) is 9.59 Å². The summed E-state index contributed by atoms with van der Waals surface area (Å²) in [5.41, 5.74) is 2.68. The van der Waals surface area contributed by atoms with Crippen LogP contribution in [0.4, 0.5) is 5.69 Å². The lowest BCUT2D eigenvalue weighted by atomic mass is 9.92. The first kappa shape index (κ1) is 20.5. The molecular formula is C24H26N4O4. The van der Waals surface area contributed by atoms with Gasteiger partial charge in [0.05, 0.1) is 17.7 Å². The fourth-order valence-corrected chi connectivity index (χ4v) is 4.49. The van der Waals surface area contributed by atoms with Gasteiger partial charge in [0, 0.05) is 29.9 Å². The minimum Gasteiger partial charge on any atom is -0.371 e. The normalized spacial score (nSPS) is 20.4. The van der Waals surface area contributed by atoms with Crippen LogP contribution in [0.5, 0.6) is 0 Å². The number of carbonyl (C=O) groups is 1. The van der Waals surface area contributed by atoms with E-state index in [2.05, 4.69) is 24.9 Å². The van der Waals surface area contributed by atoms with Gasteiger partial charge in [-0.3, -0.25) is 14.3 Å². The number of carbonyl (C=O) groups excluding carboxylic acids is 1. The molecule has 3 heterocycles. The number of nitrogens with one attached hydrogen (secondary N) is 2. The van der Waals surface area contributed by atoms with Gasteiger partial charge in [0.25, 0.3) is 5.91 Å². The molecular weight excluding hydrogens is 408 g/mol. The molecule has 0 radical (unpaired) electrons. The molecule has 3 aromatic rings. The number of fused-ring (bicyclic) bond motifs is 2. The third kappa shape index (κ3) is 4.05. The van der Waals surface area contributed by atoms with Gasteiger partial charge in [-0.2, -0.15) is 0 Å². The van der Waals surface area contributed by atoms with Crippen molar-refractivity contribution < 1.29 is 14.1 Å². The number of H-pyrrole nitrogens is 1. The second kappa shape index (κ2) is 7.94. The van der Waals surface area contributed by atoms with Crippen LogP contribution in [0.1, 0.15) is 42.6 Å². The Bertz CT molecular complexity index is 1170. The molecule has 8 heteroatoms. The molecule has 1 aromatic heterocycles. The Morgan fingerprint density at radius 1 is 1.12 bits per heavy atom. The molecule has 1 amide bonds. The number of hydrogen-bond donors (Lipinski definition) is 2. The van der Waals surface area contributed by atoms with E-state index >= 15 is 0 Å². The number of aromatic amines is 1. The highest BCUT2D eigenvalue weighted by atomic mass is 16.5. The molecule has 0 spiro atoms. The van der Waals surface area contributed by atoms with Crippen LogP contribution in [0.2, 0.25) is 0 Å². The average molecular weight is 434 g/mol. The number of hydrogen-bond acceptors (Lipinski definition) is 6. The van der Waals surface area contributed by atoms with Crippen LogP contribution < -0.4 is 16.0 Å². The van der Waals surface area contributed by atoms with Crippen molar-refractivity contribution in [3.05, 3.63) is 70.2 Å². The first-order valence-electron chi connectivity index (χ1n) is 10.9. The summed E-state index contributed by atoms with van der Waals surface area (Å²) < 4.78 is 10.5. The van der Waals surface area contributed by atoms with Crippen LogP contribution >= 0.6 is 0 Å². The Kier molecular flexibility index (Phi) is 5.09. The summed E-state index contributed by atoms with van der Waals surface area (Å²) in [4.78, 5) is 29.1. The zero-order chi connectivity index (χ0) is 22.3. The van der Waals surface area contributed by atoms with Crippen LogP contribution in [-0.4, -0.2) is 41.3 Å². The van der Waals surface area contributed by atoms with E-state index in [0.717, 1.165) is 37.2 Å². The van der Waals surface area contributed by atoms with Crippen LogP contribution in [-0.2, 0) is 10.3 Å². The van der Waals surface area contributed by atoms with Crippen molar-refractivity contribution in [2.45, 2.75) is 44.4 Å². The fourth-order valence-electron chi connectivity index (χ4n) is 4.49. The molecule has 8 nitrogen and oxygen atoms in total. The standard InChI is InChI=1S/C24H26N4O4/c1-24(2,17-5-3-4-16(12-17)21-25-23(30)32-27-21)26-22(29)15-6-8-18(9-7-15)28-13-19-10-11-20(14-28)31-19/h3-9,12,19-20H,10-11,13-14H2,1-2H3,(H,26,29)(H,25,27,30). The zero-order valence-electron chi connectivity index (χ0n) is 18.1. The molecule has 2 aliphatic rings. The first-order chi connectivity index (χ1) is 15.4. The summed E-state index contributed by atoms with van der Waals surface area (Å²) in [5, 5.41) is 6.84. The van der Waals surface area contributed by atoms with Crippen LogP contribution in [0, 0.1) is 0 Å². The highest BCUT2D eigenvalue weighted by Gasteiger charge is 2.33. The van der Waals surface area contributed by atoms with Gasteiger partial charge >= 0.3 is 5.76 Å². The number of amides is 1. The monoisotopic (exact) mass is 434 g/mol. The quantitative estimate of drug-likeness (QED) is 0.640. The SMILES string of the molecule is CC(C)(NC(=O)c1ccc(N2CC3CCC(C2)O3)cc1)c1cccc(-c2noc(=O)[nH]2)c1. The number of ether oxygens (including phenoxy) is 1. The maximum Gasteiger partial charge on any atom is 0.439 e. The van der Waals surface area contributed by atoms with Gasteiger partial charge in [0.15, 0.2) is 5.82 Å². The van der Waals surface area contributed by atoms with Gasteiger partial charge in [-0.25, -0.2) is 4.79 Å². The van der Waals surface area contributed by atoms with Crippen molar-refractivity contribution >= 4 is 11.6 Å². The molecule has 2 fully saturated rings. The predicted octanol–water partition coefficient (Wildman–Crippen LogP) is 3.06. The lowest BCUT2D eigenvalue weighted by molar-refractivity contribution is 0.0305. The summed E-state index contributed by atoms with van der Waals surface area (Å²) in [7, 11) is 0. The van der Waals surface area contributed by atoms with Gasteiger partial charge in [0.1, 0.15) is 0 Å². The van der Waals surface area contributed by atoms with Gasteiger partial charge < -0.3 is 15.0 Å². The third-order valence-electron chi connectivity index (χ3n) is 6.26. The van der Waals surface area contributed by atoms with E-state index < -0.39 is 11.3 Å². The molecule has 0 saturated carbocycles. The Morgan fingerprint density at radius 2 is 1.84 bits per heavy atom. The topological polar surface area (TPSA) is 100 Å². The largest absolute Gasteiger partial charge is 0.439 e. The van der Waals surface area contributed by atoms with Crippen LogP contribution in [0.3, 0.4) is 0 Å². The van der Waals surface area contributed by atoms with E-state index in [4.69, 9.17) is 4.74 Å². The lowest BCUT2D eigenvalue weighted by Gasteiger charge is -2.34. The van der Waals surface area contributed by atoms with Crippen molar-refractivity contribution in [3.8, 4) is 11.4 Å². The molecule has 166 valence electrons. The zero-order valence-corrected chi connectivity index (χ0v) is 18.1. The molecule has 5 rings (SSSR count). The Balaban J connectivity index is 1.29. The lowest BCUT2D eigenvalue weighted by Crippen LogP contribution is -2.42. The van der Waals surface area contributed by atoms with Crippen LogP contribution in [0.25, 0.3) is 11.4 Å². The Hall–Kier alpha value is -3.39. The summed E-state index contributed by atoms with van der Waals surface area (Å²) in [6.07, 6.45) is 2.90. The van der Waals surface area contributed by atoms with Crippen molar-refractivity contribution in [3.63, 3.8) is 0 Å². The predicted molar refractivity (Wildman–Crippen MR) is 120 cm³/mol. The smallest absolute Gasteiger partial charge is 0.371 e. The van der Waals surface area contributed by atoms with E-state index in [1.165, 1.54) is 0 Å². The highest BCUT2D eigenvalue weighted by Crippen LogP contribution is 2.30. The number of morpholine rings is 1. The highest BCUT2D eigenvalue weighted by molar-refractivity contribution is 5.95. The number of aromatic nitrogens is 2. The van der Waals surface area contributed by atoms with Crippen molar-refractivity contribution in [2.24, 2.45) is 0 Å². The Morgan fingerprint density at radius 3 is 2.50 bits per heavy atom. The number of anilines is 1. The summed E-state index contributed by atoms with van der Waals surface area (Å²) in [6.45, 7) is 5.69. The molecule has 2 aromatic carbocycles. The van der Waals surface area contributed by atoms with E-state index in [1.807, 2.05) is 62.4 Å². The number of benzene rings is 2. The summed E-state index contributed by atoms with van der Waals surface area (Å²) >= 11 is 0. The maximum atomic E-state index is 13.0. The van der Waals surface area contributed by atoms with Gasteiger partial charge in [0.2, 0.25) is 0 Å². The maximum absolute atomic E-state index is 13.0. The molecule has 32 heavy (non-hydrogen) atoms. The van der Waals surface area contributed by atoms with Gasteiger partial charge in [-0.1, -0.05) is 23.4 Å². The van der Waals surface area contributed by atoms with Crippen molar-refractivity contribution in [1.29, 1.82) is 0 Å². The number of nitrogens with zero attached hydrogens (tertiary/aromatic N) is 2. The third-order valence-corrected chi connectivity index (χ3v) is 6.26. The summed E-state index contributed by atoms with van der Waals surface area (Å²) in [6, 6.07) is 15.2. The Labute approximate surface area is 185 Å². The second-order valence-corrected chi connectivity index (χ2v) is 9.01. The molecule has 2 N–H and O–H groups in total. The average Bonchev–Trinajstić information content (AvgIpc) is 3.38. The van der Waals surface area contributed by atoms with E-state index in [-0.39, 0.29) is 5.91 Å². The second-order valence-electron chi connectivity index (χ2n) is 9.01. The van der Waals surface area contributed by atoms with Crippen LogP contribution in [0.15, 0.2) is 57.8 Å². The minimum atomic E-state index is -0.640. The molecule has 2 aliphatic heterocycles. The molecule has 2 bridgehead atoms. The minimum absolute atomic E-state index is 0.149. The van der Waals surface area contributed by atoms with Crippen molar-refractivity contribution in [1.82, 2.24) is 15.5 Å². The van der Waals surface area contributed by atoms with Crippen molar-refractivity contribution in [2.75, 3.05) is 18.0 Å². The van der Waals surface area contributed by atoms with E-state index in [1.54, 1.807) is 0 Å².